The van der Waals surface area contributed by atoms with Crippen molar-refractivity contribution < 1.29 is 9.90 Å². The number of aromatic hydroxyl groups is 1. The van der Waals surface area contributed by atoms with Crippen molar-refractivity contribution in [2.45, 2.75) is 112 Å². The van der Waals surface area contributed by atoms with E-state index in [4.69, 9.17) is 0 Å². The van der Waals surface area contributed by atoms with Gasteiger partial charge in [-0.15, -0.1) is 0 Å². The van der Waals surface area contributed by atoms with Gasteiger partial charge in [-0.1, -0.05) is 63.7 Å². The molecule has 1 aromatic rings. The minimum Gasteiger partial charge on any atom is -0.507 e. The average molecular weight is 428 g/mol. The van der Waals surface area contributed by atoms with E-state index in [1.807, 2.05) is 39.8 Å². The van der Waals surface area contributed by atoms with Crippen LogP contribution in [-0.4, -0.2) is 11.0 Å². The van der Waals surface area contributed by atoms with Crippen LogP contribution in [0.15, 0.2) is 29.9 Å². The number of nitrogens with one attached hydrogen (secondary N) is 1. The lowest BCUT2D eigenvalue weighted by Gasteiger charge is -2.14. The Balaban J connectivity index is 2.20. The molecule has 0 atom stereocenters. The highest BCUT2D eigenvalue weighted by molar-refractivity contribution is 6.03. The average Bonchev–Trinajstić information content (AvgIpc) is 2.75. The maximum atomic E-state index is 12.5. The van der Waals surface area contributed by atoms with Crippen LogP contribution in [0, 0.1) is 20.8 Å². The molecule has 1 rings (SSSR count). The molecule has 0 aliphatic carbocycles. The minimum absolute atomic E-state index is 0.0646. The molecule has 174 valence electrons. The van der Waals surface area contributed by atoms with Crippen molar-refractivity contribution in [1.82, 2.24) is 0 Å². The molecule has 0 aliphatic heterocycles. The van der Waals surface area contributed by atoms with Crippen molar-refractivity contribution in [3.05, 3.63) is 46.6 Å². The molecule has 0 aliphatic rings. The maximum absolute atomic E-state index is 12.5. The smallest absolute Gasteiger partial charge is 0.250 e. The number of anilines is 1. The molecule has 0 fully saturated rings. The number of carbonyl (C=O) groups is 1. The summed E-state index contributed by atoms with van der Waals surface area (Å²) >= 11 is 0. The fourth-order valence-corrected chi connectivity index (χ4v) is 3.69. The summed E-state index contributed by atoms with van der Waals surface area (Å²) in [6.45, 7) is 9.78. The zero-order valence-corrected chi connectivity index (χ0v) is 20.7. The number of aryl methyl sites for hydroxylation is 1. The Bertz CT molecular complexity index is 731. The molecule has 1 aromatic carbocycles. The second kappa shape index (κ2) is 15.7. The first-order valence-electron chi connectivity index (χ1n) is 12.3. The van der Waals surface area contributed by atoms with Crippen LogP contribution >= 0.6 is 0 Å². The molecule has 0 bridgehead atoms. The molecule has 0 saturated carbocycles. The topological polar surface area (TPSA) is 49.3 Å². The highest BCUT2D eigenvalue weighted by atomic mass is 16.3. The number of rotatable bonds is 15. The van der Waals surface area contributed by atoms with Crippen molar-refractivity contribution in [1.29, 1.82) is 0 Å². The van der Waals surface area contributed by atoms with Crippen molar-refractivity contribution in [2.75, 3.05) is 5.32 Å². The molecule has 3 nitrogen and oxygen atoms in total. The number of benzene rings is 1. The summed E-state index contributed by atoms with van der Waals surface area (Å²) in [5.74, 6) is 0.241. The highest BCUT2D eigenvalue weighted by Crippen LogP contribution is 2.30. The Morgan fingerprint density at radius 2 is 1.42 bits per heavy atom. The summed E-state index contributed by atoms with van der Waals surface area (Å²) in [6, 6.07) is 1.84. The van der Waals surface area contributed by atoms with Gasteiger partial charge in [-0.3, -0.25) is 4.79 Å². The van der Waals surface area contributed by atoms with Crippen molar-refractivity contribution in [2.24, 2.45) is 0 Å². The molecule has 1 amide bonds. The van der Waals surface area contributed by atoms with Crippen LogP contribution in [0.1, 0.15) is 108 Å². The summed E-state index contributed by atoms with van der Waals surface area (Å²) < 4.78 is 0. The number of carbonyl (C=O) groups excluding carboxylic acids is 1. The molecular weight excluding hydrogens is 382 g/mol. The quantitative estimate of drug-likeness (QED) is 0.128. The van der Waals surface area contributed by atoms with Gasteiger partial charge in [-0.05, 0) is 89.0 Å². The molecule has 0 radical (unpaired) electrons. The Kier molecular flexibility index (Phi) is 13.7. The Labute approximate surface area is 191 Å². The highest BCUT2D eigenvalue weighted by Gasteiger charge is 2.12. The van der Waals surface area contributed by atoms with Gasteiger partial charge in [-0.25, -0.2) is 0 Å². The van der Waals surface area contributed by atoms with Gasteiger partial charge in [0.25, 0.3) is 5.91 Å². The van der Waals surface area contributed by atoms with Crippen molar-refractivity contribution in [3.8, 4) is 5.75 Å². The predicted octanol–water partition coefficient (Wildman–Crippen LogP) is 8.46. The third-order valence-corrected chi connectivity index (χ3v) is 6.08. The van der Waals surface area contributed by atoms with Gasteiger partial charge in [0.2, 0.25) is 0 Å². The monoisotopic (exact) mass is 427 g/mol. The van der Waals surface area contributed by atoms with E-state index in [0.717, 1.165) is 47.2 Å². The third kappa shape index (κ3) is 10.7. The number of hydrogen-bond donors (Lipinski definition) is 2. The lowest BCUT2D eigenvalue weighted by Crippen LogP contribution is -2.14. The summed E-state index contributed by atoms with van der Waals surface area (Å²) in [5, 5.41) is 13.0. The second-order valence-corrected chi connectivity index (χ2v) is 8.85. The van der Waals surface area contributed by atoms with E-state index in [9.17, 15) is 9.90 Å². The zero-order chi connectivity index (χ0) is 23.1. The first-order valence-corrected chi connectivity index (χ1v) is 12.3. The van der Waals surface area contributed by atoms with Crippen LogP contribution in [-0.2, 0) is 4.79 Å². The van der Waals surface area contributed by atoms with Gasteiger partial charge in [0, 0.05) is 11.3 Å². The van der Waals surface area contributed by atoms with Gasteiger partial charge in [0.15, 0.2) is 0 Å². The molecule has 2 N–H and O–H groups in total. The number of allylic oxidation sites excluding steroid dienone is 3. The van der Waals surface area contributed by atoms with Crippen LogP contribution in [0.5, 0.6) is 5.75 Å². The minimum atomic E-state index is -0.0646. The van der Waals surface area contributed by atoms with Crippen LogP contribution in [0.25, 0.3) is 0 Å². The summed E-state index contributed by atoms with van der Waals surface area (Å²) in [5.41, 5.74) is 4.03. The molecule has 0 aromatic heterocycles. The van der Waals surface area contributed by atoms with Crippen LogP contribution in [0.3, 0.4) is 0 Å². The largest absolute Gasteiger partial charge is 0.507 e. The van der Waals surface area contributed by atoms with Gasteiger partial charge in [0.1, 0.15) is 5.75 Å². The van der Waals surface area contributed by atoms with Gasteiger partial charge >= 0.3 is 0 Å². The van der Waals surface area contributed by atoms with E-state index in [0.29, 0.717) is 5.75 Å². The van der Waals surface area contributed by atoms with Crippen molar-refractivity contribution >= 4 is 11.6 Å². The number of phenolic OH excluding ortho intramolecular Hbond substituents is 1. The molecule has 0 saturated heterocycles. The summed E-state index contributed by atoms with van der Waals surface area (Å²) in [6.07, 6.45) is 21.8. The molecule has 0 heterocycles. The number of unbranched alkanes of at least 4 members (excludes halogenated alkanes) is 10. The van der Waals surface area contributed by atoms with Crippen molar-refractivity contribution in [3.63, 3.8) is 0 Å². The summed E-state index contributed by atoms with van der Waals surface area (Å²) in [7, 11) is 0. The fraction of sp³-hybridized carbons (Fsp3) is 0.607. The first kappa shape index (κ1) is 27.0. The Hall–Kier alpha value is -2.03. The van der Waals surface area contributed by atoms with Crippen LogP contribution in [0.2, 0.25) is 0 Å². The normalized spacial score (nSPS) is 12.0. The van der Waals surface area contributed by atoms with E-state index in [1.54, 1.807) is 0 Å². The molecule has 31 heavy (non-hydrogen) atoms. The SMILES string of the molecule is CCCCCCCCC=CCCCCCC=C(C)C(=O)Nc1cc(C)c(O)c(C)c1C. The zero-order valence-electron chi connectivity index (χ0n) is 20.7. The Morgan fingerprint density at radius 3 is 2.06 bits per heavy atom. The fourth-order valence-electron chi connectivity index (χ4n) is 3.69. The van der Waals surface area contributed by atoms with Crippen LogP contribution in [0.4, 0.5) is 5.69 Å². The van der Waals surface area contributed by atoms with E-state index in [-0.39, 0.29) is 5.91 Å². The number of hydrogen-bond acceptors (Lipinski definition) is 2. The standard InChI is InChI=1S/C28H45NO2/c1-6-7-8-9-10-11-12-13-14-15-16-17-18-19-20-22(2)28(31)29-26-21-23(3)27(30)25(5)24(26)4/h13-14,20-21,30H,6-12,15-19H2,1-5H3,(H,29,31). The number of phenols is 1. The molecule has 0 spiro atoms. The predicted molar refractivity (Wildman–Crippen MR) is 135 cm³/mol. The van der Waals surface area contributed by atoms with Crippen LogP contribution < -0.4 is 5.32 Å². The molecule has 3 heteroatoms. The lowest BCUT2D eigenvalue weighted by atomic mass is 10.0. The van der Waals surface area contributed by atoms with E-state index >= 15 is 0 Å². The molecule has 0 unspecified atom stereocenters. The third-order valence-electron chi connectivity index (χ3n) is 6.08. The first-order chi connectivity index (χ1) is 14.9. The van der Waals surface area contributed by atoms with E-state index < -0.39 is 0 Å². The molecular formula is C28H45NO2. The number of amides is 1. The lowest BCUT2D eigenvalue weighted by molar-refractivity contribution is -0.112. The maximum Gasteiger partial charge on any atom is 0.250 e. The van der Waals surface area contributed by atoms with E-state index in [2.05, 4.69) is 24.4 Å². The Morgan fingerprint density at radius 1 is 0.871 bits per heavy atom. The van der Waals surface area contributed by atoms with Gasteiger partial charge in [0.05, 0.1) is 0 Å². The van der Waals surface area contributed by atoms with E-state index in [1.165, 1.54) is 57.8 Å². The second-order valence-electron chi connectivity index (χ2n) is 8.85. The van der Waals surface area contributed by atoms with Gasteiger partial charge < -0.3 is 10.4 Å². The summed E-state index contributed by atoms with van der Waals surface area (Å²) in [4.78, 5) is 12.5. The van der Waals surface area contributed by atoms with Gasteiger partial charge in [-0.2, -0.15) is 0 Å².